The Morgan fingerprint density at radius 2 is 2.30 bits per heavy atom. The Labute approximate surface area is 118 Å². The van der Waals surface area contributed by atoms with Gasteiger partial charge in [-0.1, -0.05) is 11.8 Å². The number of rotatable bonds is 2. The molecule has 0 bridgehead atoms. The number of ether oxygens (including phenoxy) is 1. The van der Waals surface area contributed by atoms with Gasteiger partial charge in [-0.05, 0) is 18.9 Å². The second-order valence-electron chi connectivity index (χ2n) is 4.64. The Hall–Kier alpha value is -1.90. The van der Waals surface area contributed by atoms with Crippen LogP contribution in [0.3, 0.4) is 0 Å². The fourth-order valence-corrected chi connectivity index (χ4v) is 2.24. The number of aliphatic hydroxyl groups is 1. The number of aliphatic hydroxyl groups excluding tert-OH is 1. The molecule has 1 fully saturated rings. The van der Waals surface area contributed by atoms with Gasteiger partial charge in [0.25, 0.3) is 5.91 Å². The number of amides is 1. The third kappa shape index (κ3) is 3.35. The van der Waals surface area contributed by atoms with Gasteiger partial charge in [0, 0.05) is 38.7 Å². The highest BCUT2D eigenvalue weighted by atomic mass is 16.5. The van der Waals surface area contributed by atoms with Crippen molar-refractivity contribution in [2.75, 3.05) is 26.9 Å². The minimum absolute atomic E-state index is 0.0680. The zero-order valence-electron chi connectivity index (χ0n) is 11.5. The molecule has 0 radical (unpaired) electrons. The molecule has 2 rings (SSSR count). The Bertz CT molecular complexity index is 527. The summed E-state index contributed by atoms with van der Waals surface area (Å²) in [6, 6.07) is 1.86. The molecule has 1 aliphatic rings. The molecule has 106 valence electrons. The number of hydrogen-bond acceptors (Lipinski definition) is 4. The van der Waals surface area contributed by atoms with Gasteiger partial charge in [-0.25, -0.2) is 0 Å². The number of pyridine rings is 1. The van der Waals surface area contributed by atoms with Crippen LogP contribution in [-0.4, -0.2) is 53.8 Å². The highest BCUT2D eigenvalue weighted by Gasteiger charge is 2.24. The summed E-state index contributed by atoms with van der Waals surface area (Å²) in [6.07, 6.45) is 4.83. The first-order chi connectivity index (χ1) is 9.74. The number of carbonyl (C=O) groups is 1. The molecule has 5 nitrogen and oxygen atoms in total. The van der Waals surface area contributed by atoms with Crippen molar-refractivity contribution in [1.29, 1.82) is 0 Å². The quantitative estimate of drug-likeness (QED) is 0.805. The molecule has 0 aromatic carbocycles. The SMILES string of the molecule is CN(C(=O)c1ccncc1C#CCO)C1CCOCC1. The average molecular weight is 274 g/mol. The summed E-state index contributed by atoms with van der Waals surface area (Å²) < 4.78 is 5.31. The monoisotopic (exact) mass is 274 g/mol. The van der Waals surface area contributed by atoms with E-state index in [1.54, 1.807) is 23.4 Å². The second kappa shape index (κ2) is 7.04. The Balaban J connectivity index is 2.19. The molecule has 1 saturated heterocycles. The molecule has 0 saturated carbocycles. The molecule has 0 spiro atoms. The molecular weight excluding hydrogens is 256 g/mol. The van der Waals surface area contributed by atoms with Crippen LogP contribution in [0.4, 0.5) is 0 Å². The second-order valence-corrected chi connectivity index (χ2v) is 4.64. The minimum Gasteiger partial charge on any atom is -0.384 e. The first kappa shape index (κ1) is 14.5. The van der Waals surface area contributed by atoms with E-state index in [0.29, 0.717) is 24.3 Å². The lowest BCUT2D eigenvalue weighted by atomic mass is 10.0. The highest BCUT2D eigenvalue weighted by Crippen LogP contribution is 2.17. The lowest BCUT2D eigenvalue weighted by Crippen LogP contribution is -2.40. The molecule has 1 aromatic heterocycles. The van der Waals surface area contributed by atoms with Crippen molar-refractivity contribution in [3.63, 3.8) is 0 Å². The highest BCUT2D eigenvalue weighted by molar-refractivity contribution is 5.96. The van der Waals surface area contributed by atoms with Gasteiger partial charge in [0.1, 0.15) is 6.61 Å². The van der Waals surface area contributed by atoms with Crippen molar-refractivity contribution in [3.8, 4) is 11.8 Å². The molecular formula is C15H18N2O3. The van der Waals surface area contributed by atoms with Gasteiger partial charge in [-0.2, -0.15) is 0 Å². The van der Waals surface area contributed by atoms with Gasteiger partial charge >= 0.3 is 0 Å². The maximum atomic E-state index is 12.6. The van der Waals surface area contributed by atoms with E-state index in [1.807, 2.05) is 7.05 Å². The smallest absolute Gasteiger partial charge is 0.255 e. The summed E-state index contributed by atoms with van der Waals surface area (Å²) in [5.74, 6) is 5.25. The molecule has 1 amide bonds. The van der Waals surface area contributed by atoms with Crippen LogP contribution in [0.1, 0.15) is 28.8 Å². The minimum atomic E-state index is -0.238. The van der Waals surface area contributed by atoms with Gasteiger partial charge in [-0.3, -0.25) is 9.78 Å². The molecule has 5 heteroatoms. The lowest BCUT2D eigenvalue weighted by molar-refractivity contribution is 0.0362. The molecule has 0 unspecified atom stereocenters. The number of nitrogens with zero attached hydrogens (tertiary/aromatic N) is 2. The topological polar surface area (TPSA) is 62.7 Å². The first-order valence-electron chi connectivity index (χ1n) is 6.62. The van der Waals surface area contributed by atoms with Gasteiger partial charge in [-0.15, -0.1) is 0 Å². The summed E-state index contributed by atoms with van der Waals surface area (Å²) in [4.78, 5) is 18.3. The molecule has 20 heavy (non-hydrogen) atoms. The Kier molecular flexibility index (Phi) is 5.10. The molecule has 1 N–H and O–H groups in total. The maximum absolute atomic E-state index is 12.6. The Morgan fingerprint density at radius 1 is 1.55 bits per heavy atom. The van der Waals surface area contributed by atoms with Crippen molar-refractivity contribution < 1.29 is 14.6 Å². The van der Waals surface area contributed by atoms with Crippen LogP contribution in [0.25, 0.3) is 0 Å². The molecule has 0 atom stereocenters. The largest absolute Gasteiger partial charge is 0.384 e. The van der Waals surface area contributed by atoms with Crippen molar-refractivity contribution in [3.05, 3.63) is 29.6 Å². The van der Waals surface area contributed by atoms with E-state index in [0.717, 1.165) is 12.8 Å². The standard InChI is InChI=1S/C15H18N2O3/c1-17(13-5-9-20-10-6-13)15(19)14-4-7-16-11-12(14)3-2-8-18/h4,7,11,13,18H,5-6,8-10H2,1H3. The summed E-state index contributed by atoms with van der Waals surface area (Å²) >= 11 is 0. The molecule has 2 heterocycles. The number of carbonyl (C=O) groups excluding carboxylic acids is 1. The average Bonchev–Trinajstić information content (AvgIpc) is 2.52. The van der Waals surface area contributed by atoms with Crippen molar-refractivity contribution in [2.45, 2.75) is 18.9 Å². The van der Waals surface area contributed by atoms with E-state index in [4.69, 9.17) is 9.84 Å². The van der Waals surface area contributed by atoms with Crippen molar-refractivity contribution >= 4 is 5.91 Å². The van der Waals surface area contributed by atoms with Crippen molar-refractivity contribution in [2.24, 2.45) is 0 Å². The van der Waals surface area contributed by atoms with E-state index in [2.05, 4.69) is 16.8 Å². The van der Waals surface area contributed by atoms with Crippen LogP contribution < -0.4 is 0 Å². The maximum Gasteiger partial charge on any atom is 0.255 e. The van der Waals surface area contributed by atoms with E-state index in [9.17, 15) is 4.79 Å². The van der Waals surface area contributed by atoms with E-state index < -0.39 is 0 Å². The van der Waals surface area contributed by atoms with Crippen LogP contribution in [0.5, 0.6) is 0 Å². The Morgan fingerprint density at radius 3 is 3.00 bits per heavy atom. The lowest BCUT2D eigenvalue weighted by Gasteiger charge is -2.31. The summed E-state index contributed by atoms with van der Waals surface area (Å²) in [7, 11) is 1.81. The van der Waals surface area contributed by atoms with Crippen LogP contribution in [0.15, 0.2) is 18.5 Å². The molecule has 0 aliphatic carbocycles. The fourth-order valence-electron chi connectivity index (χ4n) is 2.24. The van der Waals surface area contributed by atoms with Gasteiger partial charge in [0.05, 0.1) is 11.1 Å². The van der Waals surface area contributed by atoms with Crippen LogP contribution in [-0.2, 0) is 4.74 Å². The predicted octanol–water partition coefficient (Wildman–Crippen LogP) is 0.676. The normalized spacial score (nSPS) is 15.3. The molecule has 1 aromatic rings. The summed E-state index contributed by atoms with van der Waals surface area (Å²) in [6.45, 7) is 1.14. The van der Waals surface area contributed by atoms with Crippen LogP contribution >= 0.6 is 0 Å². The zero-order chi connectivity index (χ0) is 14.4. The third-order valence-electron chi connectivity index (χ3n) is 3.41. The van der Waals surface area contributed by atoms with E-state index >= 15 is 0 Å². The van der Waals surface area contributed by atoms with Gasteiger partial charge < -0.3 is 14.7 Å². The zero-order valence-corrected chi connectivity index (χ0v) is 11.5. The van der Waals surface area contributed by atoms with Crippen LogP contribution in [0, 0.1) is 11.8 Å². The van der Waals surface area contributed by atoms with Gasteiger partial charge in [0.2, 0.25) is 0 Å². The summed E-state index contributed by atoms with van der Waals surface area (Å²) in [5, 5.41) is 8.77. The van der Waals surface area contributed by atoms with Crippen molar-refractivity contribution in [1.82, 2.24) is 9.88 Å². The predicted molar refractivity (Wildman–Crippen MR) is 74.1 cm³/mol. The number of aromatic nitrogens is 1. The van der Waals surface area contributed by atoms with E-state index in [1.165, 1.54) is 0 Å². The number of hydrogen-bond donors (Lipinski definition) is 1. The third-order valence-corrected chi connectivity index (χ3v) is 3.41. The first-order valence-corrected chi connectivity index (χ1v) is 6.62. The summed E-state index contributed by atoms with van der Waals surface area (Å²) in [5.41, 5.74) is 1.07. The van der Waals surface area contributed by atoms with E-state index in [-0.39, 0.29) is 18.6 Å². The van der Waals surface area contributed by atoms with Crippen LogP contribution in [0.2, 0.25) is 0 Å². The van der Waals surface area contributed by atoms with Gasteiger partial charge in [0.15, 0.2) is 0 Å². The fraction of sp³-hybridized carbons (Fsp3) is 0.467. The molecule has 1 aliphatic heterocycles.